The lowest BCUT2D eigenvalue weighted by atomic mass is 10.1. The predicted octanol–water partition coefficient (Wildman–Crippen LogP) is 4.76. The van der Waals surface area contributed by atoms with E-state index in [1.165, 1.54) is 60.8 Å². The zero-order chi connectivity index (χ0) is 28.2. The van der Waals surface area contributed by atoms with Crippen LogP contribution in [-0.4, -0.2) is 38.8 Å². The van der Waals surface area contributed by atoms with Gasteiger partial charge in [-0.05, 0) is 48.9 Å². The number of hydrogen-bond donors (Lipinski definition) is 4. The van der Waals surface area contributed by atoms with Crippen LogP contribution in [0.2, 0.25) is 0 Å². The molecule has 3 heterocycles. The minimum Gasteiger partial charge on any atom is -0.618 e. The average Bonchev–Trinajstić information content (AvgIpc) is 3.37. The van der Waals surface area contributed by atoms with Gasteiger partial charge in [-0.1, -0.05) is 6.92 Å². The van der Waals surface area contributed by atoms with E-state index < -0.39 is 17.5 Å². The van der Waals surface area contributed by atoms with Crippen molar-refractivity contribution >= 4 is 28.4 Å². The standard InChI is InChI=1S/C28H24F2N6O4/c1-2-18(15-37)32-27-25-24(12-13-31-26(25)34-35-27)40-23-11-10-19(14-20(23)30)33-28(38)22-5-3-4-21(36(22)39)16-6-8-17(29)9-7-16/h3-14,18,37H,2,15H2,1H3,(H,33,38)(H2,31,32,34,35). The van der Waals surface area contributed by atoms with E-state index in [0.717, 1.165) is 6.07 Å². The first-order valence-electron chi connectivity index (χ1n) is 12.4. The number of nitrogens with zero attached hydrogens (tertiary/aromatic N) is 3. The van der Waals surface area contributed by atoms with Gasteiger partial charge in [-0.25, -0.2) is 13.8 Å². The summed E-state index contributed by atoms with van der Waals surface area (Å²) in [6.07, 6.45) is 2.12. The molecule has 0 radical (unpaired) electrons. The van der Waals surface area contributed by atoms with Crippen LogP contribution >= 0.6 is 0 Å². The van der Waals surface area contributed by atoms with Gasteiger partial charge in [-0.3, -0.25) is 9.89 Å². The van der Waals surface area contributed by atoms with Gasteiger partial charge in [0.25, 0.3) is 5.69 Å². The molecule has 0 bridgehead atoms. The van der Waals surface area contributed by atoms with Crippen LogP contribution in [0.4, 0.5) is 20.3 Å². The number of nitrogens with one attached hydrogen (secondary N) is 3. The molecular formula is C28H24F2N6O4. The van der Waals surface area contributed by atoms with E-state index >= 15 is 4.39 Å². The summed E-state index contributed by atoms with van der Waals surface area (Å²) in [5.41, 5.74) is 0.868. The average molecular weight is 547 g/mol. The third-order valence-corrected chi connectivity index (χ3v) is 6.21. The van der Waals surface area contributed by atoms with E-state index in [1.54, 1.807) is 6.07 Å². The molecule has 3 aromatic heterocycles. The summed E-state index contributed by atoms with van der Waals surface area (Å²) in [5.74, 6) is -1.42. The van der Waals surface area contributed by atoms with Crippen LogP contribution in [0, 0.1) is 16.8 Å². The number of hydrogen-bond acceptors (Lipinski definition) is 7. The number of fused-ring (bicyclic) bond motifs is 1. The minimum absolute atomic E-state index is 0.0984. The van der Waals surface area contributed by atoms with Crippen molar-refractivity contribution in [1.82, 2.24) is 15.2 Å². The number of aliphatic hydroxyl groups excluding tert-OH is 1. The zero-order valence-corrected chi connectivity index (χ0v) is 21.2. The second-order valence-electron chi connectivity index (χ2n) is 8.84. The van der Waals surface area contributed by atoms with E-state index in [1.807, 2.05) is 6.92 Å². The van der Waals surface area contributed by atoms with Gasteiger partial charge in [-0.2, -0.15) is 9.83 Å². The molecule has 2 aromatic carbocycles. The molecule has 5 rings (SSSR count). The van der Waals surface area contributed by atoms with Gasteiger partial charge in [0.05, 0.1) is 12.6 Å². The Labute approximate surface area is 226 Å². The molecule has 0 aliphatic rings. The molecule has 4 N–H and O–H groups in total. The van der Waals surface area contributed by atoms with Gasteiger partial charge in [0, 0.05) is 41.7 Å². The fourth-order valence-electron chi connectivity index (χ4n) is 4.05. The summed E-state index contributed by atoms with van der Waals surface area (Å²) in [7, 11) is 0. The summed E-state index contributed by atoms with van der Waals surface area (Å²) in [6, 6.07) is 14.8. The molecule has 0 spiro atoms. The maximum Gasteiger partial charge on any atom is 0.321 e. The van der Waals surface area contributed by atoms with E-state index in [4.69, 9.17) is 4.74 Å². The van der Waals surface area contributed by atoms with Crippen LogP contribution in [0.5, 0.6) is 11.5 Å². The minimum atomic E-state index is -0.766. The van der Waals surface area contributed by atoms with Gasteiger partial charge in [0.15, 0.2) is 23.0 Å². The molecule has 0 saturated heterocycles. The Morgan fingerprint density at radius 3 is 2.65 bits per heavy atom. The van der Waals surface area contributed by atoms with Gasteiger partial charge in [0.1, 0.15) is 17.0 Å². The normalized spacial score (nSPS) is 11.8. The fourth-order valence-corrected chi connectivity index (χ4v) is 4.05. The second kappa shape index (κ2) is 11.3. The van der Waals surface area contributed by atoms with Crippen molar-refractivity contribution < 1.29 is 28.1 Å². The van der Waals surface area contributed by atoms with Crippen molar-refractivity contribution in [3.8, 4) is 22.8 Å². The Kier molecular flexibility index (Phi) is 7.51. The lowest BCUT2D eigenvalue weighted by Crippen LogP contribution is -2.38. The summed E-state index contributed by atoms with van der Waals surface area (Å²) in [5, 5.41) is 35.5. The molecule has 1 atom stereocenters. The van der Waals surface area contributed by atoms with Crippen LogP contribution < -0.4 is 20.1 Å². The van der Waals surface area contributed by atoms with Crippen LogP contribution in [0.1, 0.15) is 23.8 Å². The molecule has 1 unspecified atom stereocenters. The number of ether oxygens (including phenoxy) is 1. The fraction of sp³-hybridized carbons (Fsp3) is 0.143. The molecule has 0 aliphatic heterocycles. The number of carbonyl (C=O) groups is 1. The van der Waals surface area contributed by atoms with Gasteiger partial charge in [0.2, 0.25) is 5.69 Å². The first-order chi connectivity index (χ1) is 19.4. The number of aromatic nitrogens is 4. The SMILES string of the molecule is CCC(CO)Nc1n[nH]c2nccc(Oc3ccc(NC(=O)c4cccc(-c5ccc(F)cc5)[n+]4[O-])cc3F)c12. The Hall–Kier alpha value is -5.10. The molecule has 1 amide bonds. The summed E-state index contributed by atoms with van der Waals surface area (Å²) in [4.78, 5) is 17.1. The number of anilines is 2. The van der Waals surface area contributed by atoms with Crippen molar-refractivity contribution in [3.63, 3.8) is 0 Å². The number of carbonyl (C=O) groups excluding carboxylic acids is 1. The molecule has 5 aromatic rings. The van der Waals surface area contributed by atoms with E-state index in [9.17, 15) is 19.5 Å². The van der Waals surface area contributed by atoms with Gasteiger partial charge < -0.3 is 25.7 Å². The van der Waals surface area contributed by atoms with E-state index in [2.05, 4.69) is 25.8 Å². The highest BCUT2D eigenvalue weighted by molar-refractivity contribution is 6.02. The summed E-state index contributed by atoms with van der Waals surface area (Å²) < 4.78 is 34.6. The number of pyridine rings is 2. The molecule has 12 heteroatoms. The number of H-pyrrole nitrogens is 1. The maximum atomic E-state index is 15.1. The Bertz CT molecular complexity index is 1670. The van der Waals surface area contributed by atoms with E-state index in [0.29, 0.717) is 33.6 Å². The highest BCUT2D eigenvalue weighted by Gasteiger charge is 2.21. The molecule has 0 aliphatic carbocycles. The van der Waals surface area contributed by atoms with Crippen molar-refractivity contribution in [2.75, 3.05) is 17.2 Å². The lowest BCUT2D eigenvalue weighted by molar-refractivity contribution is -0.595. The molecular weight excluding hydrogens is 522 g/mol. The Morgan fingerprint density at radius 1 is 1.12 bits per heavy atom. The number of halogens is 2. The monoisotopic (exact) mass is 546 g/mol. The van der Waals surface area contributed by atoms with Crippen molar-refractivity contribution in [2.24, 2.45) is 0 Å². The smallest absolute Gasteiger partial charge is 0.321 e. The first kappa shape index (κ1) is 26.5. The number of rotatable bonds is 9. The maximum absolute atomic E-state index is 15.1. The van der Waals surface area contributed by atoms with Crippen LogP contribution in [0.3, 0.4) is 0 Å². The Balaban J connectivity index is 1.36. The first-order valence-corrected chi connectivity index (χ1v) is 12.4. The van der Waals surface area contributed by atoms with Crippen LogP contribution in [0.15, 0.2) is 72.9 Å². The largest absolute Gasteiger partial charge is 0.618 e. The predicted molar refractivity (Wildman–Crippen MR) is 144 cm³/mol. The summed E-state index contributed by atoms with van der Waals surface area (Å²) in [6.45, 7) is 1.80. The highest BCUT2D eigenvalue weighted by Crippen LogP contribution is 2.34. The Morgan fingerprint density at radius 2 is 1.93 bits per heavy atom. The lowest BCUT2D eigenvalue weighted by Gasteiger charge is -2.14. The summed E-state index contributed by atoms with van der Waals surface area (Å²) >= 11 is 0. The number of aromatic amines is 1. The third kappa shape index (κ3) is 5.38. The van der Waals surface area contributed by atoms with Gasteiger partial charge in [-0.15, -0.1) is 0 Å². The quantitative estimate of drug-likeness (QED) is 0.154. The van der Waals surface area contributed by atoms with Crippen molar-refractivity contribution in [2.45, 2.75) is 19.4 Å². The molecule has 40 heavy (non-hydrogen) atoms. The highest BCUT2D eigenvalue weighted by atomic mass is 19.1. The molecule has 10 nitrogen and oxygen atoms in total. The zero-order valence-electron chi connectivity index (χ0n) is 21.2. The van der Waals surface area contributed by atoms with Gasteiger partial charge >= 0.3 is 5.91 Å². The molecule has 0 saturated carbocycles. The number of amides is 1. The van der Waals surface area contributed by atoms with Crippen molar-refractivity contribution in [1.29, 1.82) is 0 Å². The van der Waals surface area contributed by atoms with Crippen molar-refractivity contribution in [3.05, 3.63) is 95.5 Å². The number of benzene rings is 2. The molecule has 0 fully saturated rings. The molecule has 204 valence electrons. The topological polar surface area (TPSA) is 139 Å². The third-order valence-electron chi connectivity index (χ3n) is 6.21. The number of aliphatic hydroxyl groups is 1. The van der Waals surface area contributed by atoms with Crippen LogP contribution in [0.25, 0.3) is 22.3 Å². The van der Waals surface area contributed by atoms with Crippen LogP contribution in [-0.2, 0) is 0 Å². The van der Waals surface area contributed by atoms with E-state index in [-0.39, 0.29) is 41.2 Å². The second-order valence-corrected chi connectivity index (χ2v) is 8.84.